The van der Waals surface area contributed by atoms with Crippen LogP contribution in [0.1, 0.15) is 84.6 Å². The van der Waals surface area contributed by atoms with Crippen molar-refractivity contribution in [1.29, 1.82) is 0 Å². The van der Waals surface area contributed by atoms with Crippen LogP contribution in [-0.4, -0.2) is 98.7 Å². The lowest BCUT2D eigenvalue weighted by atomic mass is 9.80. The summed E-state index contributed by atoms with van der Waals surface area (Å²) in [4.78, 5) is 63.8. The number of allylic oxidation sites excluding steroid dienone is 7. The lowest BCUT2D eigenvalue weighted by Gasteiger charge is -2.26. The molecular weight excluding hydrogens is 724 g/mol. The van der Waals surface area contributed by atoms with Crippen LogP contribution in [0.5, 0.6) is 0 Å². The molecule has 2 aliphatic rings. The van der Waals surface area contributed by atoms with Crippen molar-refractivity contribution in [3.8, 4) is 0 Å². The van der Waals surface area contributed by atoms with Crippen molar-refractivity contribution in [2.24, 2.45) is 0 Å². The van der Waals surface area contributed by atoms with Crippen molar-refractivity contribution in [2.45, 2.75) is 79.1 Å². The third kappa shape index (κ3) is 14.5. The van der Waals surface area contributed by atoms with Gasteiger partial charge < -0.3 is 50.2 Å². The smallest absolute Gasteiger partial charge is 0.411 e. The van der Waals surface area contributed by atoms with Crippen LogP contribution >= 0.6 is 0 Å². The molecule has 5 N–H and O–H groups in total. The van der Waals surface area contributed by atoms with Gasteiger partial charge in [-0.15, -0.1) is 0 Å². The van der Waals surface area contributed by atoms with Gasteiger partial charge in [-0.3, -0.25) is 4.79 Å². The van der Waals surface area contributed by atoms with E-state index in [0.29, 0.717) is 48.7 Å². The zero-order chi connectivity index (χ0) is 40.7. The number of hydrogen-bond acceptors (Lipinski definition) is 11. The number of nitrogens with zero attached hydrogens (tertiary/aromatic N) is 2. The molecule has 0 saturated heterocycles. The molecule has 0 heterocycles. The van der Waals surface area contributed by atoms with E-state index in [4.69, 9.17) is 18.9 Å². The molecule has 0 aromatic heterocycles. The molecule has 0 aliphatic heterocycles. The maximum atomic E-state index is 13.4. The largest absolute Gasteiger partial charge is 0.506 e. The first-order valence-corrected chi connectivity index (χ1v) is 19.3. The Morgan fingerprint density at radius 3 is 1.41 bits per heavy atom. The minimum absolute atomic E-state index is 0.131. The van der Waals surface area contributed by atoms with Crippen LogP contribution in [0.2, 0.25) is 0 Å². The van der Waals surface area contributed by atoms with Crippen LogP contribution in [0.15, 0.2) is 65.5 Å². The number of ketones is 1. The van der Waals surface area contributed by atoms with E-state index in [9.17, 15) is 29.1 Å². The number of amides is 4. The number of aliphatic hydroxyl groups is 1. The Kier molecular flexibility index (Phi) is 19.6. The summed E-state index contributed by atoms with van der Waals surface area (Å²) in [6, 6.07) is 6.62. The summed E-state index contributed by atoms with van der Waals surface area (Å²) in [6.07, 6.45) is 11.0. The minimum atomic E-state index is -0.608. The van der Waals surface area contributed by atoms with Crippen molar-refractivity contribution in [1.82, 2.24) is 21.3 Å². The minimum Gasteiger partial charge on any atom is -0.506 e. The zero-order valence-electron chi connectivity index (χ0n) is 32.9. The molecule has 0 saturated carbocycles. The summed E-state index contributed by atoms with van der Waals surface area (Å²) in [6.45, 7) is 9.05. The number of hydrogen-bond donors (Lipinski definition) is 5. The maximum Gasteiger partial charge on any atom is 0.411 e. The number of benzene rings is 1. The Morgan fingerprint density at radius 1 is 0.607 bits per heavy atom. The lowest BCUT2D eigenvalue weighted by molar-refractivity contribution is -0.589. The number of unbranched alkanes of at least 4 members (excludes halogenated alkanes) is 4. The Hall–Kier alpha value is -5.80. The molecule has 0 spiro atoms. The van der Waals surface area contributed by atoms with Crippen LogP contribution < -0.4 is 26.2 Å². The number of nitrogens with one attached hydrogen (secondary N) is 4. The molecule has 4 amide bonds. The highest BCUT2D eigenvalue weighted by Crippen LogP contribution is 2.39. The average Bonchev–Trinajstić information content (AvgIpc) is 3.19. The first kappa shape index (κ1) is 44.6. The van der Waals surface area contributed by atoms with Gasteiger partial charge in [0.1, 0.15) is 5.76 Å². The normalized spacial score (nSPS) is 13.1. The van der Waals surface area contributed by atoms with Crippen LogP contribution in [0, 0.1) is 0 Å². The molecule has 56 heavy (non-hydrogen) atoms. The zero-order valence-corrected chi connectivity index (χ0v) is 32.9. The molecule has 0 bridgehead atoms. The van der Waals surface area contributed by atoms with Crippen LogP contribution in [0.25, 0.3) is 5.57 Å². The van der Waals surface area contributed by atoms with Gasteiger partial charge in [-0.05, 0) is 61.1 Å². The third-order valence-corrected chi connectivity index (χ3v) is 8.57. The second-order valence-corrected chi connectivity index (χ2v) is 13.0. The summed E-state index contributed by atoms with van der Waals surface area (Å²) in [5, 5.41) is 21.8. The predicted octanol–water partition coefficient (Wildman–Crippen LogP) is 6.16. The van der Waals surface area contributed by atoms with Gasteiger partial charge >= 0.3 is 24.4 Å². The van der Waals surface area contributed by atoms with E-state index in [1.807, 2.05) is 27.7 Å². The molecule has 2 aliphatic carbocycles. The summed E-state index contributed by atoms with van der Waals surface area (Å²) in [7, 11) is 0. The van der Waals surface area contributed by atoms with Crippen LogP contribution in [0.3, 0.4) is 0 Å². The van der Waals surface area contributed by atoms with E-state index in [1.54, 1.807) is 48.6 Å². The van der Waals surface area contributed by atoms with Gasteiger partial charge in [0, 0.05) is 44.0 Å². The topological polar surface area (TPSA) is 197 Å². The van der Waals surface area contributed by atoms with Gasteiger partial charge in [-0.25, -0.2) is 19.2 Å². The number of Topliss-reactive ketones (excluding diaryl/α,β-unsaturated/α-hetero) is 1. The number of carbonyl (C=O) groups excluding carboxylic acids is 5. The second kappa shape index (κ2) is 24.6. The van der Waals surface area contributed by atoms with Gasteiger partial charge in [0.05, 0.1) is 11.1 Å². The molecule has 0 radical (unpaired) electrons. The van der Waals surface area contributed by atoms with E-state index in [2.05, 4.69) is 21.3 Å². The highest BCUT2D eigenvalue weighted by Gasteiger charge is 2.37. The number of ether oxygens (including phenoxy) is 4. The van der Waals surface area contributed by atoms with E-state index in [1.165, 1.54) is 9.48 Å². The Labute approximate surface area is 328 Å². The average molecular weight is 782 g/mol. The van der Waals surface area contributed by atoms with Crippen LogP contribution in [-0.2, 0) is 23.7 Å². The molecule has 306 valence electrons. The Balaban J connectivity index is 1.76. The molecule has 16 heteroatoms. The predicted molar refractivity (Wildman–Crippen MR) is 211 cm³/mol. The number of aliphatic hydroxyl groups excluding tert-OH is 1. The van der Waals surface area contributed by atoms with Crippen molar-refractivity contribution in [2.75, 3.05) is 58.0 Å². The number of anilines is 1. The fourth-order valence-corrected chi connectivity index (χ4v) is 5.21. The molecule has 0 atom stereocenters. The van der Waals surface area contributed by atoms with Crippen molar-refractivity contribution < 1.29 is 52.6 Å². The second-order valence-electron chi connectivity index (χ2n) is 13.0. The SMILES string of the molecule is CCCCNC(=O)OCN(COC(=O)NCCCC)c1ccc(C2=C(O)C(=C3C=CC(=[N+](COC(=O)NCCCC)COC(=O)NCCCC)C=C3)C2=O)cc1. The van der Waals surface area contributed by atoms with Gasteiger partial charge in [0.2, 0.25) is 11.5 Å². The third-order valence-electron chi connectivity index (χ3n) is 8.57. The first-order chi connectivity index (χ1) is 27.1. The van der Waals surface area contributed by atoms with E-state index in [0.717, 1.165) is 51.4 Å². The Morgan fingerprint density at radius 2 is 1.02 bits per heavy atom. The first-order valence-electron chi connectivity index (χ1n) is 19.3. The van der Waals surface area contributed by atoms with Gasteiger partial charge in [0.25, 0.3) is 13.5 Å². The van der Waals surface area contributed by atoms with Crippen molar-refractivity contribution in [3.63, 3.8) is 0 Å². The quantitative estimate of drug-likeness (QED) is 0.0297. The molecule has 1 aromatic rings. The lowest BCUT2D eigenvalue weighted by Crippen LogP contribution is -2.36. The molecule has 0 unspecified atom stereocenters. The molecule has 3 rings (SSSR count). The molecular formula is C40H57N6O10+. The van der Waals surface area contributed by atoms with Crippen LogP contribution in [0.4, 0.5) is 24.9 Å². The van der Waals surface area contributed by atoms with E-state index >= 15 is 0 Å². The molecule has 16 nitrogen and oxygen atoms in total. The monoisotopic (exact) mass is 781 g/mol. The van der Waals surface area contributed by atoms with Gasteiger partial charge in [-0.2, -0.15) is 4.58 Å². The van der Waals surface area contributed by atoms with Crippen molar-refractivity contribution >= 4 is 47.1 Å². The molecule has 1 aromatic carbocycles. The number of alkyl carbamates (subject to hydrolysis) is 4. The maximum absolute atomic E-state index is 13.4. The fraction of sp³-hybridized carbons (Fsp3) is 0.500. The Bertz CT molecular complexity index is 1590. The highest BCUT2D eigenvalue weighted by molar-refractivity contribution is 6.39. The standard InChI is InChI=1S/C40H56N6O10/c1-5-9-21-41-37(49)53-25-45(26-54-38(50)42-22-10-6-2)31-17-13-29(14-18-31)33-35(47)34(36(33)48)30-15-19-32(20-16-30)46(27-55-39(51)43-23-11-7-3)28-56-40(52)44-24-12-8-4/h13-20H,5-12,21-28H2,1-4H3,(H4-,41,42,43,44,47,48,49,50,51,52)/p+1. The van der Waals surface area contributed by atoms with Gasteiger partial charge in [0.15, 0.2) is 13.5 Å². The summed E-state index contributed by atoms with van der Waals surface area (Å²) in [5.41, 5.74) is 2.26. The fourth-order valence-electron chi connectivity index (χ4n) is 5.21. The summed E-state index contributed by atoms with van der Waals surface area (Å²) < 4.78 is 23.0. The molecule has 0 fully saturated rings. The van der Waals surface area contributed by atoms with Crippen molar-refractivity contribution in [3.05, 3.63) is 71.0 Å². The van der Waals surface area contributed by atoms with Gasteiger partial charge in [-0.1, -0.05) is 65.5 Å². The number of rotatable bonds is 22. The van der Waals surface area contributed by atoms with E-state index in [-0.39, 0.29) is 49.6 Å². The summed E-state index contributed by atoms with van der Waals surface area (Å²) >= 11 is 0. The number of carbonyl (C=O) groups is 5. The summed E-state index contributed by atoms with van der Waals surface area (Å²) in [5.74, 6) is -0.544. The highest BCUT2D eigenvalue weighted by atomic mass is 16.6. The van der Waals surface area contributed by atoms with E-state index < -0.39 is 24.4 Å².